The largest absolute Gasteiger partial charge is 0.368 e. The molecule has 0 amide bonds. The van der Waals surface area contributed by atoms with E-state index >= 15 is 0 Å². The van der Waals surface area contributed by atoms with Gasteiger partial charge in [-0.15, -0.1) is 0 Å². The molecule has 6 fully saturated rings. The maximum absolute atomic E-state index is 6.24. The Morgan fingerprint density at radius 1 is 1.04 bits per heavy atom. The molecule has 7 atom stereocenters. The molecule has 0 N–H and O–H groups in total. The zero-order chi connectivity index (χ0) is 15.2. The first-order valence-corrected chi connectivity index (χ1v) is 8.62. The van der Waals surface area contributed by atoms with E-state index in [0.29, 0.717) is 19.8 Å². The van der Waals surface area contributed by atoms with Crippen LogP contribution in [0.3, 0.4) is 0 Å². The molecule has 1 aliphatic carbocycles. The van der Waals surface area contributed by atoms with E-state index in [9.17, 15) is 0 Å². The first-order valence-electron chi connectivity index (χ1n) is 7.82. The van der Waals surface area contributed by atoms with Gasteiger partial charge in [0, 0.05) is 4.47 Å². The highest BCUT2D eigenvalue weighted by molar-refractivity contribution is 9.10. The highest BCUT2D eigenvalue weighted by atomic mass is 79.9. The lowest BCUT2D eigenvalue weighted by Gasteiger charge is -2.58. The van der Waals surface area contributed by atoms with Crippen LogP contribution >= 0.6 is 15.9 Å². The van der Waals surface area contributed by atoms with E-state index in [4.69, 9.17) is 28.4 Å². The molecular weight excluding hydrogens is 368 g/mol. The number of hydrogen-bond donors (Lipinski definition) is 0. The van der Waals surface area contributed by atoms with Crippen molar-refractivity contribution in [2.75, 3.05) is 13.2 Å². The standard InChI is InChI=1S/C16H15BrO6/c17-9-4-2-1-3-8(9)5-18-10-11-15(6-19-15)13-16(7-20-16)12(10)22-14(21-11)23-13/h1-4,10-14H,5-7H2/t10?,11-,12-,13?,14?,15-,16+/m1/s1. The van der Waals surface area contributed by atoms with E-state index in [-0.39, 0.29) is 24.4 Å². The normalized spacial score (nSPS) is 51.6. The lowest BCUT2D eigenvalue weighted by atomic mass is 9.71. The molecule has 6 nitrogen and oxygen atoms in total. The fraction of sp³-hybridized carbons (Fsp3) is 0.625. The average molecular weight is 383 g/mol. The summed E-state index contributed by atoms with van der Waals surface area (Å²) in [5.41, 5.74) is 0.242. The molecule has 2 spiro atoms. The average Bonchev–Trinajstić information content (AvgIpc) is 3.46. The third kappa shape index (κ3) is 1.68. The quantitative estimate of drug-likeness (QED) is 0.735. The van der Waals surface area contributed by atoms with Gasteiger partial charge in [0.25, 0.3) is 6.48 Å². The number of halogens is 1. The Kier molecular flexibility index (Phi) is 2.59. The minimum Gasteiger partial charge on any atom is -0.368 e. The van der Waals surface area contributed by atoms with Crippen molar-refractivity contribution in [1.82, 2.24) is 0 Å². The van der Waals surface area contributed by atoms with Crippen LogP contribution in [0.4, 0.5) is 0 Å². The molecular formula is C16H15BrO6. The van der Waals surface area contributed by atoms with Crippen molar-refractivity contribution in [3.8, 4) is 0 Å². The van der Waals surface area contributed by atoms with Crippen molar-refractivity contribution in [3.05, 3.63) is 34.3 Å². The van der Waals surface area contributed by atoms with Crippen LogP contribution in [0.1, 0.15) is 5.56 Å². The number of hydrogen-bond acceptors (Lipinski definition) is 6. The van der Waals surface area contributed by atoms with E-state index in [0.717, 1.165) is 10.0 Å². The summed E-state index contributed by atoms with van der Waals surface area (Å²) in [4.78, 5) is 0. The molecule has 23 heavy (non-hydrogen) atoms. The summed E-state index contributed by atoms with van der Waals surface area (Å²) in [5, 5.41) is 0. The first kappa shape index (κ1) is 13.7. The lowest BCUT2D eigenvalue weighted by Crippen LogP contribution is -2.78. The second-order valence-electron chi connectivity index (χ2n) is 6.77. The Balaban J connectivity index is 1.31. The first-order chi connectivity index (χ1) is 11.2. The van der Waals surface area contributed by atoms with Crippen molar-refractivity contribution in [2.24, 2.45) is 0 Å². The SMILES string of the molecule is Brc1ccccc1COC1[C@H]2OC3OC([C@@]24CO4)[C@]2(CO2)[C@@H]1O3. The summed E-state index contributed by atoms with van der Waals surface area (Å²) in [7, 11) is 0. The van der Waals surface area contributed by atoms with Crippen molar-refractivity contribution in [1.29, 1.82) is 0 Å². The van der Waals surface area contributed by atoms with Crippen LogP contribution in [0.25, 0.3) is 0 Å². The predicted molar refractivity (Wildman–Crippen MR) is 78.5 cm³/mol. The molecule has 3 unspecified atom stereocenters. The van der Waals surface area contributed by atoms with Gasteiger partial charge in [-0.25, -0.2) is 0 Å². The molecule has 5 heterocycles. The maximum Gasteiger partial charge on any atom is 0.273 e. The topological polar surface area (TPSA) is 62.0 Å². The third-order valence-electron chi connectivity index (χ3n) is 5.55. The van der Waals surface area contributed by atoms with E-state index in [1.807, 2.05) is 24.3 Å². The molecule has 5 aliphatic heterocycles. The minimum atomic E-state index is -0.622. The van der Waals surface area contributed by atoms with Crippen LogP contribution in [-0.2, 0) is 35.0 Å². The van der Waals surface area contributed by atoms with Gasteiger partial charge in [0.2, 0.25) is 0 Å². The molecule has 7 rings (SSSR count). The molecule has 5 saturated heterocycles. The summed E-state index contributed by atoms with van der Waals surface area (Å²) in [6, 6.07) is 8.03. The van der Waals surface area contributed by atoms with E-state index in [1.165, 1.54) is 0 Å². The van der Waals surface area contributed by atoms with Crippen molar-refractivity contribution < 1.29 is 28.4 Å². The van der Waals surface area contributed by atoms with Gasteiger partial charge < -0.3 is 28.4 Å². The highest BCUT2D eigenvalue weighted by Crippen LogP contribution is 2.62. The Morgan fingerprint density at radius 3 is 2.30 bits per heavy atom. The Morgan fingerprint density at radius 2 is 1.70 bits per heavy atom. The summed E-state index contributed by atoms with van der Waals surface area (Å²) in [6.45, 7) is 1.11. The molecule has 0 radical (unpaired) electrons. The Labute approximate surface area is 141 Å². The maximum atomic E-state index is 6.24. The van der Waals surface area contributed by atoms with Gasteiger partial charge in [-0.05, 0) is 11.6 Å². The van der Waals surface area contributed by atoms with E-state index in [1.54, 1.807) is 0 Å². The summed E-state index contributed by atoms with van der Waals surface area (Å²) >= 11 is 3.56. The molecule has 1 aromatic rings. The third-order valence-corrected chi connectivity index (χ3v) is 6.33. The zero-order valence-electron chi connectivity index (χ0n) is 12.1. The van der Waals surface area contributed by atoms with Crippen LogP contribution in [0.5, 0.6) is 0 Å². The molecule has 7 heteroatoms. The minimum absolute atomic E-state index is 0.110. The van der Waals surface area contributed by atoms with Crippen LogP contribution < -0.4 is 0 Å². The number of ether oxygens (including phenoxy) is 6. The number of rotatable bonds is 3. The predicted octanol–water partition coefficient (Wildman–Crippen LogP) is 1.35. The van der Waals surface area contributed by atoms with Crippen LogP contribution in [0.15, 0.2) is 28.7 Å². The van der Waals surface area contributed by atoms with Crippen molar-refractivity contribution in [2.45, 2.75) is 48.7 Å². The monoisotopic (exact) mass is 382 g/mol. The smallest absolute Gasteiger partial charge is 0.273 e. The Hall–Kier alpha value is -0.540. The van der Waals surface area contributed by atoms with Gasteiger partial charge in [-0.2, -0.15) is 0 Å². The van der Waals surface area contributed by atoms with E-state index < -0.39 is 17.7 Å². The van der Waals surface area contributed by atoms with E-state index in [2.05, 4.69) is 15.9 Å². The molecule has 6 aliphatic rings. The molecule has 0 aromatic heterocycles. The van der Waals surface area contributed by atoms with Gasteiger partial charge in [0.15, 0.2) is 0 Å². The molecule has 4 bridgehead atoms. The van der Waals surface area contributed by atoms with Crippen LogP contribution in [0, 0.1) is 0 Å². The second kappa shape index (κ2) is 4.35. The number of benzene rings is 1. The fourth-order valence-corrected chi connectivity index (χ4v) is 4.66. The summed E-state index contributed by atoms with van der Waals surface area (Å²) < 4.78 is 36.5. The summed E-state index contributed by atoms with van der Waals surface area (Å²) in [5.74, 6) is 0. The molecule has 122 valence electrons. The lowest BCUT2D eigenvalue weighted by molar-refractivity contribution is -0.477. The summed E-state index contributed by atoms with van der Waals surface area (Å²) in [6.07, 6.45) is -0.658. The van der Waals surface area contributed by atoms with Gasteiger partial charge in [0.1, 0.15) is 35.6 Å². The van der Waals surface area contributed by atoms with Gasteiger partial charge in [-0.3, -0.25) is 0 Å². The van der Waals surface area contributed by atoms with Gasteiger partial charge in [-0.1, -0.05) is 34.1 Å². The van der Waals surface area contributed by atoms with Gasteiger partial charge in [0.05, 0.1) is 19.8 Å². The fourth-order valence-electron chi connectivity index (χ4n) is 4.26. The highest BCUT2D eigenvalue weighted by Gasteiger charge is 2.84. The molecule has 1 saturated carbocycles. The Bertz CT molecular complexity index is 642. The van der Waals surface area contributed by atoms with Gasteiger partial charge >= 0.3 is 0 Å². The van der Waals surface area contributed by atoms with Crippen LogP contribution in [0.2, 0.25) is 0 Å². The molecule has 1 aromatic carbocycles. The van der Waals surface area contributed by atoms with Crippen molar-refractivity contribution >= 4 is 15.9 Å². The number of epoxide rings is 2. The van der Waals surface area contributed by atoms with Crippen LogP contribution in [-0.4, -0.2) is 55.3 Å². The zero-order valence-corrected chi connectivity index (χ0v) is 13.7. The second-order valence-corrected chi connectivity index (χ2v) is 7.63. The van der Waals surface area contributed by atoms with Crippen molar-refractivity contribution in [3.63, 3.8) is 0 Å².